The van der Waals surface area contributed by atoms with Crippen LogP contribution in [0, 0.1) is 0 Å². The molecule has 0 aromatic heterocycles. The van der Waals surface area contributed by atoms with E-state index in [9.17, 15) is 4.79 Å². The lowest BCUT2D eigenvalue weighted by Gasteiger charge is -1.94. The van der Waals surface area contributed by atoms with Gasteiger partial charge < -0.3 is 0 Å². The SMILES string of the molecule is O=C1C=NN(Br)C1. The molecule has 7 heavy (non-hydrogen) atoms. The monoisotopic (exact) mass is 162 g/mol. The summed E-state index contributed by atoms with van der Waals surface area (Å²) in [6, 6.07) is 0. The molecule has 0 amide bonds. The molecule has 0 spiro atoms. The van der Waals surface area contributed by atoms with Crippen LogP contribution in [0.25, 0.3) is 0 Å². The molecule has 3 nitrogen and oxygen atoms in total. The van der Waals surface area contributed by atoms with Crippen molar-refractivity contribution in [3.05, 3.63) is 0 Å². The first-order valence-corrected chi connectivity index (χ1v) is 2.50. The molecule has 0 radical (unpaired) electrons. The van der Waals surface area contributed by atoms with Gasteiger partial charge in [-0.1, -0.05) is 0 Å². The summed E-state index contributed by atoms with van der Waals surface area (Å²) >= 11 is 2.99. The Balaban J connectivity index is 2.58. The Kier molecular flexibility index (Phi) is 1.10. The molecule has 1 heterocycles. The van der Waals surface area contributed by atoms with E-state index in [1.165, 1.54) is 10.2 Å². The normalized spacial score (nSPS) is 19.0. The van der Waals surface area contributed by atoms with Crippen molar-refractivity contribution in [1.29, 1.82) is 0 Å². The molecule has 0 aromatic carbocycles. The summed E-state index contributed by atoms with van der Waals surface area (Å²) in [5, 5.41) is 3.59. The highest BCUT2D eigenvalue weighted by Crippen LogP contribution is 2.01. The number of rotatable bonds is 0. The van der Waals surface area contributed by atoms with Gasteiger partial charge in [0.25, 0.3) is 0 Å². The van der Waals surface area contributed by atoms with Crippen LogP contribution >= 0.6 is 16.1 Å². The Morgan fingerprint density at radius 2 is 2.71 bits per heavy atom. The molecule has 1 aliphatic rings. The number of hydrogen-bond acceptors (Lipinski definition) is 3. The molecule has 0 saturated carbocycles. The number of hydrazone groups is 1. The van der Waals surface area contributed by atoms with Crippen LogP contribution in [0.1, 0.15) is 0 Å². The van der Waals surface area contributed by atoms with Crippen LogP contribution in [0.4, 0.5) is 0 Å². The molecule has 38 valence electrons. The molecule has 4 heteroatoms. The Labute approximate surface area is 49.3 Å². The predicted molar refractivity (Wildman–Crippen MR) is 29.1 cm³/mol. The molecule has 1 rings (SSSR count). The Hall–Kier alpha value is -0.380. The van der Waals surface area contributed by atoms with Crippen molar-refractivity contribution in [1.82, 2.24) is 4.03 Å². The maximum absolute atomic E-state index is 10.2. The molecule has 0 unspecified atom stereocenters. The lowest BCUT2D eigenvalue weighted by Crippen LogP contribution is -2.05. The van der Waals surface area contributed by atoms with Gasteiger partial charge in [-0.3, -0.25) is 4.79 Å². The highest BCUT2D eigenvalue weighted by molar-refractivity contribution is 9.07. The smallest absolute Gasteiger partial charge is 0.197 e. The van der Waals surface area contributed by atoms with Crippen LogP contribution in [-0.2, 0) is 4.79 Å². The van der Waals surface area contributed by atoms with Gasteiger partial charge in [-0.15, -0.1) is 0 Å². The third-order valence-corrected chi connectivity index (χ3v) is 1.05. The number of Topliss-reactive ketones (excluding diaryl/α,β-unsaturated/α-hetero) is 1. The number of ketones is 1. The second-order valence-electron chi connectivity index (χ2n) is 1.21. The summed E-state index contributed by atoms with van der Waals surface area (Å²) < 4.78 is 1.41. The average molecular weight is 163 g/mol. The minimum absolute atomic E-state index is 0.0388. The summed E-state index contributed by atoms with van der Waals surface area (Å²) in [6.07, 6.45) is 1.29. The van der Waals surface area contributed by atoms with Gasteiger partial charge in [-0.25, -0.2) is 4.03 Å². The van der Waals surface area contributed by atoms with Crippen molar-refractivity contribution in [3.8, 4) is 0 Å². The predicted octanol–water partition coefficient (Wildman–Crippen LogP) is 0.167. The molecule has 0 N–H and O–H groups in total. The van der Waals surface area contributed by atoms with Crippen LogP contribution in [0.2, 0.25) is 0 Å². The van der Waals surface area contributed by atoms with Crippen molar-refractivity contribution >= 4 is 28.1 Å². The van der Waals surface area contributed by atoms with Crippen LogP contribution in [0.5, 0.6) is 0 Å². The first-order chi connectivity index (χ1) is 3.29. The van der Waals surface area contributed by atoms with E-state index >= 15 is 0 Å². The summed E-state index contributed by atoms with van der Waals surface area (Å²) in [4.78, 5) is 10.2. The van der Waals surface area contributed by atoms with E-state index < -0.39 is 0 Å². The molecular formula is C3H3BrN2O. The molecule has 0 saturated heterocycles. The summed E-state index contributed by atoms with van der Waals surface area (Å²) in [5.74, 6) is 0.0388. The van der Waals surface area contributed by atoms with Crippen molar-refractivity contribution in [2.24, 2.45) is 5.10 Å². The third-order valence-electron chi connectivity index (χ3n) is 0.613. The number of nitrogens with zero attached hydrogens (tertiary/aromatic N) is 2. The van der Waals surface area contributed by atoms with Gasteiger partial charge >= 0.3 is 0 Å². The number of carbonyl (C=O) groups excluding carboxylic acids is 1. The van der Waals surface area contributed by atoms with E-state index in [0.29, 0.717) is 6.54 Å². The van der Waals surface area contributed by atoms with Gasteiger partial charge in [0.1, 0.15) is 6.54 Å². The highest BCUT2D eigenvalue weighted by atomic mass is 79.9. The zero-order valence-electron chi connectivity index (χ0n) is 3.47. The first-order valence-electron chi connectivity index (χ1n) is 1.79. The number of halogens is 1. The Bertz CT molecular complexity index is 122. The van der Waals surface area contributed by atoms with E-state index in [2.05, 4.69) is 21.2 Å². The van der Waals surface area contributed by atoms with Crippen LogP contribution in [-0.4, -0.2) is 22.6 Å². The molecule has 1 aliphatic heterocycles. The summed E-state index contributed by atoms with van der Waals surface area (Å²) in [7, 11) is 0. The van der Waals surface area contributed by atoms with E-state index in [1.807, 2.05) is 0 Å². The van der Waals surface area contributed by atoms with Crippen LogP contribution < -0.4 is 0 Å². The summed E-state index contributed by atoms with van der Waals surface area (Å²) in [5.41, 5.74) is 0. The van der Waals surface area contributed by atoms with Gasteiger partial charge in [0.05, 0.1) is 22.4 Å². The standard InChI is InChI=1S/C3H3BrN2O/c4-6-2-3(7)1-5-6/h1H,2H2. The zero-order valence-corrected chi connectivity index (χ0v) is 5.05. The van der Waals surface area contributed by atoms with E-state index in [1.54, 1.807) is 0 Å². The molecule has 0 fully saturated rings. The fraction of sp³-hybridized carbons (Fsp3) is 0.333. The first kappa shape index (κ1) is 4.77. The Morgan fingerprint density at radius 3 is 2.86 bits per heavy atom. The topological polar surface area (TPSA) is 32.7 Å². The molecule has 0 aromatic rings. The van der Waals surface area contributed by atoms with Crippen molar-refractivity contribution in [3.63, 3.8) is 0 Å². The van der Waals surface area contributed by atoms with E-state index in [4.69, 9.17) is 0 Å². The molecule has 0 aliphatic carbocycles. The van der Waals surface area contributed by atoms with Crippen molar-refractivity contribution in [2.75, 3.05) is 6.54 Å². The quantitative estimate of drug-likeness (QED) is 0.476. The summed E-state index contributed by atoms with van der Waals surface area (Å²) in [6.45, 7) is 0.361. The van der Waals surface area contributed by atoms with Gasteiger partial charge in [-0.2, -0.15) is 5.10 Å². The second kappa shape index (κ2) is 1.61. The van der Waals surface area contributed by atoms with Crippen LogP contribution in [0.15, 0.2) is 5.10 Å². The minimum atomic E-state index is 0.0388. The maximum atomic E-state index is 10.2. The lowest BCUT2D eigenvalue weighted by molar-refractivity contribution is -0.111. The second-order valence-corrected chi connectivity index (χ2v) is 2.02. The zero-order chi connectivity index (χ0) is 5.28. The van der Waals surface area contributed by atoms with E-state index in [0.717, 1.165) is 0 Å². The van der Waals surface area contributed by atoms with Gasteiger partial charge in [-0.05, 0) is 0 Å². The minimum Gasteiger partial charge on any atom is -0.291 e. The van der Waals surface area contributed by atoms with Gasteiger partial charge in [0, 0.05) is 0 Å². The number of hydrogen-bond donors (Lipinski definition) is 0. The third kappa shape index (κ3) is 0.991. The maximum Gasteiger partial charge on any atom is 0.197 e. The molecule has 0 bridgehead atoms. The molecular weight excluding hydrogens is 160 g/mol. The number of carbonyl (C=O) groups is 1. The molecule has 0 atom stereocenters. The van der Waals surface area contributed by atoms with Crippen molar-refractivity contribution < 1.29 is 4.79 Å². The fourth-order valence-corrected chi connectivity index (χ4v) is 0.676. The van der Waals surface area contributed by atoms with Crippen molar-refractivity contribution in [2.45, 2.75) is 0 Å². The van der Waals surface area contributed by atoms with E-state index in [-0.39, 0.29) is 5.78 Å². The van der Waals surface area contributed by atoms with Gasteiger partial charge in [0.15, 0.2) is 5.78 Å². The Morgan fingerprint density at radius 1 is 2.00 bits per heavy atom. The fourth-order valence-electron chi connectivity index (χ4n) is 0.337. The highest BCUT2D eigenvalue weighted by Gasteiger charge is 2.08. The average Bonchev–Trinajstić information content (AvgIpc) is 1.87. The van der Waals surface area contributed by atoms with Crippen LogP contribution in [0.3, 0.4) is 0 Å². The largest absolute Gasteiger partial charge is 0.291 e. The van der Waals surface area contributed by atoms with Gasteiger partial charge in [0.2, 0.25) is 0 Å². The lowest BCUT2D eigenvalue weighted by atomic mass is 10.5.